The van der Waals surface area contributed by atoms with Crippen LogP contribution in [0, 0.1) is 5.92 Å². The first kappa shape index (κ1) is 13.0. The van der Waals surface area contributed by atoms with Crippen LogP contribution in [0.3, 0.4) is 0 Å². The van der Waals surface area contributed by atoms with Gasteiger partial charge in [-0.05, 0) is 13.3 Å². The summed E-state index contributed by atoms with van der Waals surface area (Å²) in [4.78, 5) is 10.6. The van der Waals surface area contributed by atoms with Gasteiger partial charge in [-0.3, -0.25) is 10.9 Å². The van der Waals surface area contributed by atoms with Crippen LogP contribution in [0.1, 0.15) is 19.4 Å². The molecule has 0 amide bonds. The number of nitrogens with zero attached hydrogens (tertiary/aromatic N) is 3. The number of nitrogen functional groups attached to an aromatic ring is 1. The zero-order valence-corrected chi connectivity index (χ0v) is 11.3. The van der Waals surface area contributed by atoms with E-state index in [9.17, 15) is 0 Å². The van der Waals surface area contributed by atoms with Crippen LogP contribution in [-0.4, -0.2) is 36.1 Å². The molecule has 1 aromatic heterocycles. The number of aromatic nitrogens is 2. The monoisotopic (exact) mass is 250 g/mol. The number of nitrogens with one attached hydrogen (secondary N) is 2. The average Bonchev–Trinajstić information content (AvgIpc) is 2.75. The first-order valence-corrected chi connectivity index (χ1v) is 6.42. The molecule has 1 aliphatic heterocycles. The molecular weight excluding hydrogens is 228 g/mol. The molecule has 0 saturated carbocycles. The maximum Gasteiger partial charge on any atom is 0.221 e. The van der Waals surface area contributed by atoms with Gasteiger partial charge in [-0.1, -0.05) is 6.92 Å². The Hall–Kier alpha value is -1.40. The van der Waals surface area contributed by atoms with Crippen molar-refractivity contribution in [2.24, 2.45) is 5.92 Å². The summed E-state index contributed by atoms with van der Waals surface area (Å²) in [7, 11) is 2.06. The van der Waals surface area contributed by atoms with Gasteiger partial charge in [-0.25, -0.2) is 4.98 Å². The van der Waals surface area contributed by atoms with Gasteiger partial charge < -0.3 is 10.6 Å². The molecule has 18 heavy (non-hydrogen) atoms. The molecular formula is C12H22N6. The van der Waals surface area contributed by atoms with Crippen LogP contribution in [0.5, 0.6) is 0 Å². The van der Waals surface area contributed by atoms with Crippen molar-refractivity contribution in [2.45, 2.75) is 26.3 Å². The van der Waals surface area contributed by atoms with E-state index >= 15 is 0 Å². The van der Waals surface area contributed by atoms with Crippen LogP contribution in [0.25, 0.3) is 0 Å². The van der Waals surface area contributed by atoms with E-state index in [2.05, 4.69) is 46.6 Å². The van der Waals surface area contributed by atoms with Crippen molar-refractivity contribution in [3.8, 4) is 0 Å². The Morgan fingerprint density at radius 2 is 2.33 bits per heavy atom. The highest BCUT2D eigenvalue weighted by molar-refractivity contribution is 5.48. The topological polar surface area (TPSA) is 79.1 Å². The molecule has 6 nitrogen and oxygen atoms in total. The molecule has 2 atom stereocenters. The van der Waals surface area contributed by atoms with E-state index in [1.54, 1.807) is 0 Å². The highest BCUT2D eigenvalue weighted by Gasteiger charge is 2.24. The minimum Gasteiger partial charge on any atom is -0.368 e. The minimum absolute atomic E-state index is 0.338. The van der Waals surface area contributed by atoms with Gasteiger partial charge in [-0.2, -0.15) is 4.98 Å². The van der Waals surface area contributed by atoms with Crippen LogP contribution >= 0.6 is 0 Å². The summed E-state index contributed by atoms with van der Waals surface area (Å²) in [6.45, 7) is 6.22. The molecule has 100 valence electrons. The Labute approximate surface area is 108 Å². The summed E-state index contributed by atoms with van der Waals surface area (Å²) in [6, 6.07) is 0.469. The molecule has 0 aromatic carbocycles. The van der Waals surface area contributed by atoms with Crippen LogP contribution in [0.2, 0.25) is 0 Å². The highest BCUT2D eigenvalue weighted by Crippen LogP contribution is 2.19. The van der Waals surface area contributed by atoms with Crippen LogP contribution in [-0.2, 0) is 6.42 Å². The normalized spacial score (nSPS) is 23.3. The van der Waals surface area contributed by atoms with Crippen molar-refractivity contribution in [3.05, 3.63) is 11.8 Å². The van der Waals surface area contributed by atoms with E-state index in [4.69, 9.17) is 5.73 Å². The Kier molecular flexibility index (Phi) is 3.98. The van der Waals surface area contributed by atoms with Crippen molar-refractivity contribution in [1.82, 2.24) is 20.8 Å². The van der Waals surface area contributed by atoms with E-state index in [-0.39, 0.29) is 0 Å². The minimum atomic E-state index is 0.338. The fraction of sp³-hybridized carbons (Fsp3) is 0.667. The van der Waals surface area contributed by atoms with Gasteiger partial charge in [0, 0.05) is 43.9 Å². The van der Waals surface area contributed by atoms with Gasteiger partial charge in [0.05, 0.1) is 0 Å². The fourth-order valence-electron chi connectivity index (χ4n) is 2.30. The summed E-state index contributed by atoms with van der Waals surface area (Å²) in [5, 5.41) is 0. The lowest BCUT2D eigenvalue weighted by Gasteiger charge is -2.25. The lowest BCUT2D eigenvalue weighted by Crippen LogP contribution is -2.34. The fourth-order valence-corrected chi connectivity index (χ4v) is 2.30. The van der Waals surface area contributed by atoms with Crippen LogP contribution in [0.15, 0.2) is 6.20 Å². The molecule has 1 aliphatic rings. The van der Waals surface area contributed by atoms with E-state index in [0.29, 0.717) is 17.9 Å². The summed E-state index contributed by atoms with van der Waals surface area (Å²) >= 11 is 0. The molecule has 1 saturated heterocycles. The zero-order valence-electron chi connectivity index (χ0n) is 11.3. The number of hydrogen-bond donors (Lipinski definition) is 3. The van der Waals surface area contributed by atoms with Gasteiger partial charge in [0.15, 0.2) is 0 Å². The smallest absolute Gasteiger partial charge is 0.221 e. The van der Waals surface area contributed by atoms with E-state index < -0.39 is 0 Å². The standard InChI is InChI=1S/C12H22N6/c1-4-9-5-14-12(13)16-11(9)18(3)7-10-6-15-17-8(10)2/h5,8,10,15,17H,4,6-7H2,1-3H3,(H2,13,14,16). The van der Waals surface area contributed by atoms with Crippen molar-refractivity contribution < 1.29 is 0 Å². The molecule has 2 heterocycles. The number of rotatable bonds is 4. The highest BCUT2D eigenvalue weighted by atomic mass is 15.4. The lowest BCUT2D eigenvalue weighted by molar-refractivity contribution is 0.489. The number of hydrazine groups is 1. The van der Waals surface area contributed by atoms with Crippen LogP contribution < -0.4 is 21.5 Å². The molecule has 0 radical (unpaired) electrons. The predicted octanol–water partition coefficient (Wildman–Crippen LogP) is 0.170. The molecule has 0 bridgehead atoms. The van der Waals surface area contributed by atoms with E-state index in [1.165, 1.54) is 0 Å². The van der Waals surface area contributed by atoms with Gasteiger partial charge >= 0.3 is 0 Å². The molecule has 2 rings (SSSR count). The predicted molar refractivity (Wildman–Crippen MR) is 73.2 cm³/mol. The molecule has 2 unspecified atom stereocenters. The molecule has 0 spiro atoms. The Morgan fingerprint density at radius 3 is 2.94 bits per heavy atom. The number of hydrogen-bond acceptors (Lipinski definition) is 6. The van der Waals surface area contributed by atoms with Gasteiger partial charge in [0.1, 0.15) is 5.82 Å². The first-order valence-electron chi connectivity index (χ1n) is 6.42. The van der Waals surface area contributed by atoms with Crippen molar-refractivity contribution in [1.29, 1.82) is 0 Å². The van der Waals surface area contributed by atoms with Crippen molar-refractivity contribution in [2.75, 3.05) is 30.8 Å². The Morgan fingerprint density at radius 1 is 1.56 bits per heavy atom. The Balaban J connectivity index is 2.12. The first-order chi connectivity index (χ1) is 8.61. The summed E-state index contributed by atoms with van der Waals surface area (Å²) in [5.74, 6) is 1.85. The van der Waals surface area contributed by atoms with Gasteiger partial charge in [-0.15, -0.1) is 0 Å². The molecule has 6 heteroatoms. The molecule has 1 aromatic rings. The van der Waals surface area contributed by atoms with Gasteiger partial charge in [0.2, 0.25) is 5.95 Å². The van der Waals surface area contributed by atoms with Crippen LogP contribution in [0.4, 0.5) is 11.8 Å². The summed E-state index contributed by atoms with van der Waals surface area (Å²) in [5.41, 5.74) is 13.2. The quantitative estimate of drug-likeness (QED) is 0.707. The maximum absolute atomic E-state index is 5.68. The summed E-state index contributed by atoms with van der Waals surface area (Å²) < 4.78 is 0. The Bertz CT molecular complexity index is 408. The second kappa shape index (κ2) is 5.49. The third-order valence-corrected chi connectivity index (χ3v) is 3.51. The third kappa shape index (κ3) is 2.70. The zero-order chi connectivity index (χ0) is 13.1. The van der Waals surface area contributed by atoms with E-state index in [1.807, 2.05) is 6.20 Å². The molecule has 1 fully saturated rings. The van der Waals surface area contributed by atoms with Gasteiger partial charge in [0.25, 0.3) is 0 Å². The second-order valence-electron chi connectivity index (χ2n) is 4.89. The van der Waals surface area contributed by atoms with Crippen molar-refractivity contribution >= 4 is 11.8 Å². The second-order valence-corrected chi connectivity index (χ2v) is 4.89. The number of nitrogens with two attached hydrogens (primary N) is 1. The molecule has 0 aliphatic carbocycles. The number of aryl methyl sites for hydroxylation is 1. The maximum atomic E-state index is 5.68. The van der Waals surface area contributed by atoms with E-state index in [0.717, 1.165) is 30.9 Å². The number of anilines is 2. The average molecular weight is 250 g/mol. The molecule has 4 N–H and O–H groups in total. The third-order valence-electron chi connectivity index (χ3n) is 3.51. The van der Waals surface area contributed by atoms with Crippen molar-refractivity contribution in [3.63, 3.8) is 0 Å². The summed E-state index contributed by atoms with van der Waals surface area (Å²) in [6.07, 6.45) is 2.74. The lowest BCUT2D eigenvalue weighted by atomic mass is 10.0. The largest absolute Gasteiger partial charge is 0.368 e. The SMILES string of the molecule is CCc1cnc(N)nc1N(C)CC1CNNC1C.